The number of hydrogen-bond acceptors (Lipinski definition) is 3. The second-order valence-electron chi connectivity index (χ2n) is 6.34. The Morgan fingerprint density at radius 3 is 2.61 bits per heavy atom. The quantitative estimate of drug-likeness (QED) is 0.833. The number of piperidine rings is 1. The van der Waals surface area contributed by atoms with Gasteiger partial charge in [0, 0.05) is 24.6 Å². The number of halogens is 1. The summed E-state index contributed by atoms with van der Waals surface area (Å²) in [6, 6.07) is 6.67. The zero-order chi connectivity index (χ0) is 15.8. The molecule has 5 heteroatoms. The molecule has 0 bridgehead atoms. The van der Waals surface area contributed by atoms with E-state index in [1.807, 2.05) is 11.0 Å². The number of aromatic nitrogens is 1. The van der Waals surface area contributed by atoms with Crippen LogP contribution >= 0.6 is 11.3 Å². The highest BCUT2D eigenvalue weighted by atomic mass is 32.1. The Morgan fingerprint density at radius 2 is 1.91 bits per heavy atom. The predicted molar refractivity (Wildman–Crippen MR) is 89.2 cm³/mol. The smallest absolute Gasteiger partial charge is 0.273 e. The van der Waals surface area contributed by atoms with E-state index >= 15 is 0 Å². The van der Waals surface area contributed by atoms with E-state index in [1.54, 1.807) is 12.1 Å². The van der Waals surface area contributed by atoms with Gasteiger partial charge in [0.2, 0.25) is 0 Å². The van der Waals surface area contributed by atoms with E-state index in [-0.39, 0.29) is 11.7 Å². The first kappa shape index (κ1) is 14.8. The molecule has 0 spiro atoms. The molecular weight excluding hydrogens is 311 g/mol. The van der Waals surface area contributed by atoms with Crippen LogP contribution in [-0.2, 0) is 0 Å². The van der Waals surface area contributed by atoms with Gasteiger partial charge in [0.05, 0.1) is 9.88 Å². The molecule has 1 aliphatic carbocycles. The molecule has 2 aromatic rings. The van der Waals surface area contributed by atoms with Gasteiger partial charge in [-0.25, -0.2) is 9.37 Å². The van der Waals surface area contributed by atoms with Gasteiger partial charge in [0.15, 0.2) is 0 Å². The van der Waals surface area contributed by atoms with Crippen molar-refractivity contribution in [1.29, 1.82) is 0 Å². The highest BCUT2D eigenvalue weighted by molar-refractivity contribution is 7.15. The topological polar surface area (TPSA) is 33.2 Å². The number of benzene rings is 1. The normalized spacial score (nSPS) is 18.2. The van der Waals surface area contributed by atoms with Crippen molar-refractivity contribution in [2.45, 2.75) is 38.0 Å². The molecule has 1 saturated heterocycles. The van der Waals surface area contributed by atoms with Crippen LogP contribution in [-0.4, -0.2) is 28.9 Å². The lowest BCUT2D eigenvalue weighted by atomic mass is 10.1. The second-order valence-corrected chi connectivity index (χ2v) is 7.37. The molecular formula is C18H19FN2OS. The maximum atomic E-state index is 14.2. The molecule has 2 aliphatic rings. The van der Waals surface area contributed by atoms with Crippen LogP contribution in [0.3, 0.4) is 0 Å². The van der Waals surface area contributed by atoms with Crippen molar-refractivity contribution >= 4 is 17.2 Å². The van der Waals surface area contributed by atoms with Crippen LogP contribution in [0.4, 0.5) is 4.39 Å². The third-order valence-electron chi connectivity index (χ3n) is 4.53. The molecule has 0 unspecified atom stereocenters. The Hall–Kier alpha value is -1.75. The molecule has 23 heavy (non-hydrogen) atoms. The number of rotatable bonds is 3. The zero-order valence-corrected chi connectivity index (χ0v) is 13.7. The van der Waals surface area contributed by atoms with Crippen LogP contribution in [0.15, 0.2) is 24.3 Å². The molecule has 0 N–H and O–H groups in total. The molecule has 1 amide bonds. The largest absolute Gasteiger partial charge is 0.337 e. The van der Waals surface area contributed by atoms with Gasteiger partial charge >= 0.3 is 0 Å². The van der Waals surface area contributed by atoms with Crippen LogP contribution in [0.1, 0.15) is 53.5 Å². The monoisotopic (exact) mass is 330 g/mol. The van der Waals surface area contributed by atoms with Gasteiger partial charge in [-0.2, -0.15) is 0 Å². The summed E-state index contributed by atoms with van der Waals surface area (Å²) in [6.07, 6.45) is 5.51. The average molecular weight is 330 g/mol. The summed E-state index contributed by atoms with van der Waals surface area (Å²) in [5.74, 6) is 0.144. The standard InChI is InChI=1S/C18H19FN2OS/c19-14-7-3-2-6-13(14)16-15(20-17(23-16)12-8-9-12)18(22)21-10-4-1-5-11-21/h2-3,6-7,12H,1,4-5,8-11H2. The summed E-state index contributed by atoms with van der Waals surface area (Å²) in [5, 5.41) is 0.989. The van der Waals surface area contributed by atoms with Crippen molar-refractivity contribution in [3.8, 4) is 10.4 Å². The molecule has 4 rings (SSSR count). The minimum atomic E-state index is -0.286. The first-order valence-electron chi connectivity index (χ1n) is 8.29. The maximum Gasteiger partial charge on any atom is 0.273 e. The minimum absolute atomic E-state index is 0.0360. The van der Waals surface area contributed by atoms with E-state index in [9.17, 15) is 9.18 Å². The summed E-state index contributed by atoms with van der Waals surface area (Å²) in [6.45, 7) is 1.57. The number of carbonyl (C=O) groups excluding carboxylic acids is 1. The fraction of sp³-hybridized carbons (Fsp3) is 0.444. The van der Waals surface area contributed by atoms with E-state index < -0.39 is 0 Å². The van der Waals surface area contributed by atoms with Gasteiger partial charge in [-0.1, -0.05) is 18.2 Å². The molecule has 0 atom stereocenters. The molecule has 1 aromatic heterocycles. The van der Waals surface area contributed by atoms with Crippen molar-refractivity contribution in [3.63, 3.8) is 0 Å². The lowest BCUT2D eigenvalue weighted by Crippen LogP contribution is -2.36. The number of thiazole rings is 1. The van der Waals surface area contributed by atoms with Gasteiger partial charge in [0.1, 0.15) is 11.5 Å². The summed E-state index contributed by atoms with van der Waals surface area (Å²) in [5.41, 5.74) is 0.946. The van der Waals surface area contributed by atoms with Crippen molar-refractivity contribution in [3.05, 3.63) is 40.8 Å². The van der Waals surface area contributed by atoms with Crippen molar-refractivity contribution < 1.29 is 9.18 Å². The summed E-state index contributed by atoms with van der Waals surface area (Å²) < 4.78 is 14.2. The van der Waals surface area contributed by atoms with Gasteiger partial charge in [-0.3, -0.25) is 4.79 Å². The second kappa shape index (κ2) is 6.04. The van der Waals surface area contributed by atoms with Gasteiger partial charge in [-0.15, -0.1) is 11.3 Å². The number of hydrogen-bond donors (Lipinski definition) is 0. The molecule has 1 saturated carbocycles. The van der Waals surface area contributed by atoms with Gasteiger partial charge < -0.3 is 4.90 Å². The van der Waals surface area contributed by atoms with Crippen LogP contribution < -0.4 is 0 Å². The van der Waals surface area contributed by atoms with Crippen LogP contribution in [0.25, 0.3) is 10.4 Å². The first-order valence-corrected chi connectivity index (χ1v) is 9.10. The van der Waals surface area contributed by atoms with Gasteiger partial charge in [0.25, 0.3) is 5.91 Å². The number of likely N-dealkylation sites (tertiary alicyclic amines) is 1. The maximum absolute atomic E-state index is 14.2. The van der Waals surface area contributed by atoms with E-state index in [1.165, 1.54) is 23.8 Å². The van der Waals surface area contributed by atoms with E-state index in [2.05, 4.69) is 4.98 Å². The summed E-state index contributed by atoms with van der Waals surface area (Å²) in [7, 11) is 0. The van der Waals surface area contributed by atoms with Crippen molar-refractivity contribution in [1.82, 2.24) is 9.88 Å². The SMILES string of the molecule is O=C(c1nc(C2CC2)sc1-c1ccccc1F)N1CCCCC1. The first-order chi connectivity index (χ1) is 11.2. The van der Waals surface area contributed by atoms with E-state index in [0.29, 0.717) is 22.1 Å². The zero-order valence-electron chi connectivity index (χ0n) is 12.9. The Kier molecular flexibility index (Phi) is 3.89. The van der Waals surface area contributed by atoms with Crippen molar-refractivity contribution in [2.75, 3.05) is 13.1 Å². The van der Waals surface area contributed by atoms with Crippen LogP contribution in [0, 0.1) is 5.82 Å². The summed E-state index contributed by atoms with van der Waals surface area (Å²) in [4.78, 5) is 20.1. The Balaban J connectivity index is 1.75. The highest BCUT2D eigenvalue weighted by Gasteiger charge is 2.32. The van der Waals surface area contributed by atoms with Crippen molar-refractivity contribution in [2.24, 2.45) is 0 Å². The Morgan fingerprint density at radius 1 is 1.17 bits per heavy atom. The van der Waals surface area contributed by atoms with E-state index in [0.717, 1.165) is 43.8 Å². The fourth-order valence-electron chi connectivity index (χ4n) is 3.06. The molecule has 2 fully saturated rings. The number of amides is 1. The Labute approximate surface area is 139 Å². The highest BCUT2D eigenvalue weighted by Crippen LogP contribution is 2.45. The average Bonchev–Trinajstić information content (AvgIpc) is 3.35. The van der Waals surface area contributed by atoms with Crippen LogP contribution in [0.2, 0.25) is 0 Å². The number of carbonyl (C=O) groups is 1. The number of nitrogens with zero attached hydrogens (tertiary/aromatic N) is 2. The molecule has 1 aromatic carbocycles. The van der Waals surface area contributed by atoms with Gasteiger partial charge in [-0.05, 0) is 38.2 Å². The van der Waals surface area contributed by atoms with Crippen LogP contribution in [0.5, 0.6) is 0 Å². The third-order valence-corrected chi connectivity index (χ3v) is 5.79. The minimum Gasteiger partial charge on any atom is -0.337 e. The Bertz CT molecular complexity index is 732. The molecule has 2 heterocycles. The lowest BCUT2D eigenvalue weighted by Gasteiger charge is -2.26. The molecule has 120 valence electrons. The summed E-state index contributed by atoms with van der Waals surface area (Å²) >= 11 is 1.49. The third kappa shape index (κ3) is 2.90. The fourth-order valence-corrected chi connectivity index (χ4v) is 4.31. The van der Waals surface area contributed by atoms with E-state index in [4.69, 9.17) is 0 Å². The predicted octanol–water partition coefficient (Wildman–Crippen LogP) is 4.45. The molecule has 3 nitrogen and oxygen atoms in total. The molecule has 1 aliphatic heterocycles. The lowest BCUT2D eigenvalue weighted by molar-refractivity contribution is 0.0720. The molecule has 0 radical (unpaired) electrons.